The molecule has 20 heavy (non-hydrogen) atoms. The van der Waals surface area contributed by atoms with Crippen molar-refractivity contribution >= 4 is 5.69 Å². The minimum absolute atomic E-state index is 0.188. The molecule has 1 aromatic heterocycles. The van der Waals surface area contributed by atoms with Gasteiger partial charge in [-0.25, -0.2) is 4.39 Å². The van der Waals surface area contributed by atoms with Crippen LogP contribution in [0.2, 0.25) is 0 Å². The van der Waals surface area contributed by atoms with E-state index in [1.54, 1.807) is 6.07 Å². The van der Waals surface area contributed by atoms with Crippen LogP contribution < -0.4 is 5.32 Å². The highest BCUT2D eigenvalue weighted by atomic mass is 19.4. The molecule has 0 bridgehead atoms. The summed E-state index contributed by atoms with van der Waals surface area (Å²) in [6.07, 6.45) is -3.96. The van der Waals surface area contributed by atoms with E-state index in [0.29, 0.717) is 5.76 Å². The number of nitrogens with one attached hydrogen (secondary N) is 1. The molecule has 1 aromatic carbocycles. The van der Waals surface area contributed by atoms with Crippen molar-refractivity contribution in [3.63, 3.8) is 0 Å². The average molecular weight is 287 g/mol. The third-order valence-corrected chi connectivity index (χ3v) is 2.80. The zero-order valence-electron chi connectivity index (χ0n) is 10.7. The number of hydrogen-bond acceptors (Lipinski definition) is 2. The van der Waals surface area contributed by atoms with Gasteiger partial charge in [0.05, 0.1) is 12.1 Å². The van der Waals surface area contributed by atoms with Crippen LogP contribution >= 0.6 is 0 Å². The maximum atomic E-state index is 13.1. The van der Waals surface area contributed by atoms with Crippen LogP contribution in [0.5, 0.6) is 0 Å². The molecule has 0 radical (unpaired) electrons. The molecule has 108 valence electrons. The van der Waals surface area contributed by atoms with Crippen LogP contribution in [0.15, 0.2) is 34.7 Å². The van der Waals surface area contributed by atoms with Crippen molar-refractivity contribution in [2.75, 3.05) is 5.32 Å². The fourth-order valence-corrected chi connectivity index (χ4v) is 1.75. The predicted octanol–water partition coefficient (Wildman–Crippen LogP) is 4.61. The van der Waals surface area contributed by atoms with Crippen LogP contribution in [-0.4, -0.2) is 0 Å². The van der Waals surface area contributed by atoms with Crippen molar-refractivity contribution in [3.8, 4) is 0 Å². The summed E-state index contributed by atoms with van der Waals surface area (Å²) < 4.78 is 56.2. The van der Waals surface area contributed by atoms with E-state index in [-0.39, 0.29) is 12.2 Å². The van der Waals surface area contributed by atoms with Crippen molar-refractivity contribution in [2.45, 2.75) is 26.1 Å². The van der Waals surface area contributed by atoms with Crippen LogP contribution in [0.4, 0.5) is 23.2 Å². The predicted molar refractivity (Wildman–Crippen MR) is 66.8 cm³/mol. The van der Waals surface area contributed by atoms with Crippen LogP contribution in [0, 0.1) is 5.82 Å². The Labute approximate surface area is 113 Å². The standard InChI is InChI=1S/C14H13F4NO/c1-2-10-4-5-11(20-10)8-19-9-3-6-13(15)12(7-9)14(16,17)18/h3-7,19H,2,8H2,1H3. The van der Waals surface area contributed by atoms with Crippen LogP contribution in [0.1, 0.15) is 24.0 Å². The van der Waals surface area contributed by atoms with Crippen molar-refractivity contribution in [3.05, 3.63) is 53.2 Å². The smallest absolute Gasteiger partial charge is 0.419 e. The van der Waals surface area contributed by atoms with E-state index in [0.717, 1.165) is 24.3 Å². The zero-order valence-corrected chi connectivity index (χ0v) is 10.7. The van der Waals surface area contributed by atoms with Crippen molar-refractivity contribution in [2.24, 2.45) is 0 Å². The van der Waals surface area contributed by atoms with Crippen molar-refractivity contribution < 1.29 is 22.0 Å². The summed E-state index contributed by atoms with van der Waals surface area (Å²) in [5.74, 6) is 0.130. The topological polar surface area (TPSA) is 25.2 Å². The normalized spacial score (nSPS) is 11.7. The van der Waals surface area contributed by atoms with Gasteiger partial charge in [-0.3, -0.25) is 0 Å². The molecule has 0 aliphatic carbocycles. The molecule has 0 saturated heterocycles. The highest BCUT2D eigenvalue weighted by Crippen LogP contribution is 2.33. The van der Waals surface area contributed by atoms with Gasteiger partial charge in [0.2, 0.25) is 0 Å². The first kappa shape index (κ1) is 14.4. The van der Waals surface area contributed by atoms with Gasteiger partial charge in [-0.15, -0.1) is 0 Å². The van der Waals surface area contributed by atoms with Crippen LogP contribution in [0.25, 0.3) is 0 Å². The second kappa shape index (κ2) is 5.56. The van der Waals surface area contributed by atoms with E-state index >= 15 is 0 Å². The Morgan fingerprint density at radius 3 is 2.40 bits per heavy atom. The van der Waals surface area contributed by atoms with E-state index in [9.17, 15) is 17.6 Å². The number of halogens is 4. The molecule has 6 heteroatoms. The van der Waals surface area contributed by atoms with E-state index in [2.05, 4.69) is 5.32 Å². The third kappa shape index (κ3) is 3.31. The Kier molecular flexibility index (Phi) is 4.01. The highest BCUT2D eigenvalue weighted by molar-refractivity contribution is 5.47. The molecule has 1 heterocycles. The largest absolute Gasteiger partial charge is 0.464 e. The maximum Gasteiger partial charge on any atom is 0.419 e. The summed E-state index contributed by atoms with van der Waals surface area (Å²) in [5, 5.41) is 2.78. The number of alkyl halides is 3. The number of hydrogen-bond donors (Lipinski definition) is 1. The SMILES string of the molecule is CCc1ccc(CNc2ccc(F)c(C(F)(F)F)c2)o1. The van der Waals surface area contributed by atoms with E-state index in [4.69, 9.17) is 4.42 Å². The van der Waals surface area contributed by atoms with Gasteiger partial charge >= 0.3 is 6.18 Å². The van der Waals surface area contributed by atoms with E-state index < -0.39 is 17.6 Å². The number of anilines is 1. The molecule has 2 nitrogen and oxygen atoms in total. The van der Waals surface area contributed by atoms with Crippen LogP contribution in [-0.2, 0) is 19.1 Å². The Bertz CT molecular complexity index is 589. The molecule has 2 aromatic rings. The molecule has 0 spiro atoms. The summed E-state index contributed by atoms with van der Waals surface area (Å²) in [4.78, 5) is 0. The first-order chi connectivity index (χ1) is 9.40. The summed E-state index contributed by atoms with van der Waals surface area (Å²) in [5.41, 5.74) is -1.09. The van der Waals surface area contributed by atoms with Crippen molar-refractivity contribution in [1.29, 1.82) is 0 Å². The Balaban J connectivity index is 2.10. The molecular weight excluding hydrogens is 274 g/mol. The quantitative estimate of drug-likeness (QED) is 0.830. The van der Waals surface area contributed by atoms with Gasteiger partial charge in [0, 0.05) is 12.1 Å². The molecule has 0 saturated carbocycles. The third-order valence-electron chi connectivity index (χ3n) is 2.80. The Morgan fingerprint density at radius 2 is 1.80 bits per heavy atom. The average Bonchev–Trinajstić information content (AvgIpc) is 2.84. The summed E-state index contributed by atoms with van der Waals surface area (Å²) >= 11 is 0. The monoisotopic (exact) mass is 287 g/mol. The number of aryl methyl sites for hydroxylation is 1. The molecule has 0 aliphatic heterocycles. The molecule has 0 fully saturated rings. The minimum atomic E-state index is -4.71. The minimum Gasteiger partial charge on any atom is -0.464 e. The summed E-state index contributed by atoms with van der Waals surface area (Å²) in [7, 11) is 0. The lowest BCUT2D eigenvalue weighted by Crippen LogP contribution is -2.09. The molecule has 0 aliphatic rings. The van der Waals surface area contributed by atoms with Crippen molar-refractivity contribution in [1.82, 2.24) is 0 Å². The zero-order chi connectivity index (χ0) is 14.8. The Morgan fingerprint density at radius 1 is 1.10 bits per heavy atom. The summed E-state index contributed by atoms with van der Waals surface area (Å²) in [6, 6.07) is 6.36. The van der Waals surface area contributed by atoms with Gasteiger partial charge in [-0.05, 0) is 30.3 Å². The second-order valence-corrected chi connectivity index (χ2v) is 4.27. The molecule has 0 unspecified atom stereocenters. The first-order valence-corrected chi connectivity index (χ1v) is 6.08. The number of rotatable bonds is 4. The molecule has 2 rings (SSSR count). The van der Waals surface area contributed by atoms with Gasteiger partial charge in [0.15, 0.2) is 0 Å². The second-order valence-electron chi connectivity index (χ2n) is 4.27. The maximum absolute atomic E-state index is 13.1. The Hall–Kier alpha value is -1.98. The molecule has 0 amide bonds. The van der Waals surface area contributed by atoms with Gasteiger partial charge in [-0.2, -0.15) is 13.2 Å². The number of benzene rings is 1. The number of furan rings is 1. The molecule has 1 N–H and O–H groups in total. The lowest BCUT2D eigenvalue weighted by molar-refractivity contribution is -0.139. The highest BCUT2D eigenvalue weighted by Gasteiger charge is 2.34. The van der Waals surface area contributed by atoms with Gasteiger partial charge in [0.25, 0.3) is 0 Å². The lowest BCUT2D eigenvalue weighted by atomic mass is 10.2. The first-order valence-electron chi connectivity index (χ1n) is 6.08. The fourth-order valence-electron chi connectivity index (χ4n) is 1.75. The van der Waals surface area contributed by atoms with Gasteiger partial charge in [-0.1, -0.05) is 6.92 Å². The fraction of sp³-hybridized carbons (Fsp3) is 0.286. The van der Waals surface area contributed by atoms with Gasteiger partial charge < -0.3 is 9.73 Å². The van der Waals surface area contributed by atoms with Gasteiger partial charge in [0.1, 0.15) is 17.3 Å². The van der Waals surface area contributed by atoms with Crippen LogP contribution in [0.3, 0.4) is 0 Å². The lowest BCUT2D eigenvalue weighted by Gasteiger charge is -2.11. The molecular formula is C14H13F4NO. The van der Waals surface area contributed by atoms with E-state index in [1.165, 1.54) is 6.07 Å². The summed E-state index contributed by atoms with van der Waals surface area (Å²) in [6.45, 7) is 2.18. The molecule has 0 atom stereocenters. The van der Waals surface area contributed by atoms with E-state index in [1.807, 2.05) is 13.0 Å².